The zero-order valence-electron chi connectivity index (χ0n) is 10.9. The van der Waals surface area contributed by atoms with Crippen LogP contribution in [-0.2, 0) is 4.79 Å². The molecule has 5 nitrogen and oxygen atoms in total. The molecule has 5 heteroatoms. The molecule has 1 unspecified atom stereocenters. The second kappa shape index (κ2) is 6.74. The molecule has 0 radical (unpaired) electrons. The molecule has 100 valence electrons. The lowest BCUT2D eigenvalue weighted by atomic mass is 10.1. The average Bonchev–Trinajstić information content (AvgIpc) is 2.36. The van der Waals surface area contributed by atoms with E-state index in [1.165, 1.54) is 0 Å². The molecular weight excluding hydrogens is 234 g/mol. The van der Waals surface area contributed by atoms with Crippen molar-refractivity contribution in [1.82, 2.24) is 0 Å². The molecular formula is C13H19NO4. The Morgan fingerprint density at radius 1 is 1.33 bits per heavy atom. The molecule has 0 aliphatic rings. The first-order valence-corrected chi connectivity index (χ1v) is 5.77. The van der Waals surface area contributed by atoms with Gasteiger partial charge in [-0.05, 0) is 25.5 Å². The minimum Gasteiger partial charge on any atom is -0.493 e. The van der Waals surface area contributed by atoms with Crippen LogP contribution in [0.4, 0.5) is 5.69 Å². The van der Waals surface area contributed by atoms with E-state index >= 15 is 0 Å². The monoisotopic (exact) mass is 253 g/mol. The van der Waals surface area contributed by atoms with Crippen molar-refractivity contribution in [3.8, 4) is 11.5 Å². The van der Waals surface area contributed by atoms with Gasteiger partial charge in [0.05, 0.1) is 14.2 Å². The van der Waals surface area contributed by atoms with E-state index in [0.29, 0.717) is 17.9 Å². The number of carboxylic acid groups (broad SMARTS) is 1. The maximum Gasteiger partial charge on any atom is 0.303 e. The maximum absolute atomic E-state index is 10.5. The Hall–Kier alpha value is -1.91. The molecule has 0 aliphatic heterocycles. The summed E-state index contributed by atoms with van der Waals surface area (Å²) < 4.78 is 10.3. The number of hydrogen-bond acceptors (Lipinski definition) is 4. The largest absolute Gasteiger partial charge is 0.493 e. The maximum atomic E-state index is 10.5. The van der Waals surface area contributed by atoms with Gasteiger partial charge in [-0.3, -0.25) is 4.79 Å². The van der Waals surface area contributed by atoms with Crippen molar-refractivity contribution in [1.29, 1.82) is 0 Å². The first-order chi connectivity index (χ1) is 8.56. The number of ether oxygens (including phenoxy) is 2. The molecule has 18 heavy (non-hydrogen) atoms. The molecule has 2 N–H and O–H groups in total. The topological polar surface area (TPSA) is 67.8 Å². The number of carbonyl (C=O) groups is 1. The lowest BCUT2D eigenvalue weighted by Gasteiger charge is -2.16. The highest BCUT2D eigenvalue weighted by Crippen LogP contribution is 2.30. The fraction of sp³-hybridized carbons (Fsp3) is 0.462. The number of hydrogen-bond donors (Lipinski definition) is 2. The Kier molecular flexibility index (Phi) is 5.30. The van der Waals surface area contributed by atoms with Crippen molar-refractivity contribution in [3.63, 3.8) is 0 Å². The first kappa shape index (κ1) is 14.2. The molecule has 0 aliphatic carbocycles. The van der Waals surface area contributed by atoms with Gasteiger partial charge in [0.15, 0.2) is 11.5 Å². The van der Waals surface area contributed by atoms with Gasteiger partial charge < -0.3 is 19.9 Å². The van der Waals surface area contributed by atoms with E-state index in [2.05, 4.69) is 5.32 Å². The van der Waals surface area contributed by atoms with Crippen molar-refractivity contribution in [2.45, 2.75) is 25.8 Å². The van der Waals surface area contributed by atoms with E-state index in [9.17, 15) is 4.79 Å². The zero-order chi connectivity index (χ0) is 13.5. The number of methoxy groups -OCH3 is 2. The highest BCUT2D eigenvalue weighted by atomic mass is 16.5. The van der Waals surface area contributed by atoms with Crippen molar-refractivity contribution >= 4 is 11.7 Å². The molecule has 0 aromatic heterocycles. The number of anilines is 1. The Balaban J connectivity index is 2.64. The van der Waals surface area contributed by atoms with Crippen molar-refractivity contribution < 1.29 is 19.4 Å². The van der Waals surface area contributed by atoms with Gasteiger partial charge in [0.25, 0.3) is 0 Å². The van der Waals surface area contributed by atoms with Gasteiger partial charge in [-0.15, -0.1) is 0 Å². The number of carboxylic acids is 1. The smallest absolute Gasteiger partial charge is 0.303 e. The van der Waals surface area contributed by atoms with Gasteiger partial charge in [0.1, 0.15) is 0 Å². The minimum atomic E-state index is -0.782. The molecule has 0 saturated carbocycles. The fourth-order valence-electron chi connectivity index (χ4n) is 1.62. The van der Waals surface area contributed by atoms with Gasteiger partial charge in [0.2, 0.25) is 0 Å². The molecule has 0 heterocycles. The molecule has 1 rings (SSSR count). The minimum absolute atomic E-state index is 0.0826. The summed E-state index contributed by atoms with van der Waals surface area (Å²) in [5.41, 5.74) is 0.880. The van der Waals surface area contributed by atoms with Crippen LogP contribution >= 0.6 is 0 Å². The lowest BCUT2D eigenvalue weighted by molar-refractivity contribution is -0.137. The number of benzene rings is 1. The van der Waals surface area contributed by atoms with E-state index in [-0.39, 0.29) is 12.5 Å². The summed E-state index contributed by atoms with van der Waals surface area (Å²) in [4.78, 5) is 10.5. The second-order valence-electron chi connectivity index (χ2n) is 4.05. The number of aliphatic carboxylic acids is 1. The molecule has 0 spiro atoms. The van der Waals surface area contributed by atoms with E-state index in [1.807, 2.05) is 25.1 Å². The van der Waals surface area contributed by atoms with E-state index in [0.717, 1.165) is 5.69 Å². The standard InChI is InChI=1S/C13H19NO4/c1-9(4-7-13(15)16)14-10-5-6-11(17-2)12(8-10)18-3/h5-6,8-9,14H,4,7H2,1-3H3,(H,15,16). The van der Waals surface area contributed by atoms with Crippen LogP contribution in [0.15, 0.2) is 18.2 Å². The van der Waals surface area contributed by atoms with Gasteiger partial charge in [-0.2, -0.15) is 0 Å². The van der Waals surface area contributed by atoms with Crippen LogP contribution in [0.5, 0.6) is 11.5 Å². The Morgan fingerprint density at radius 3 is 2.56 bits per heavy atom. The Labute approximate surface area is 107 Å². The quantitative estimate of drug-likeness (QED) is 0.780. The second-order valence-corrected chi connectivity index (χ2v) is 4.05. The molecule has 1 aromatic rings. The third-order valence-electron chi connectivity index (χ3n) is 2.59. The number of rotatable bonds is 7. The van der Waals surface area contributed by atoms with E-state index in [4.69, 9.17) is 14.6 Å². The third-order valence-corrected chi connectivity index (χ3v) is 2.59. The summed E-state index contributed by atoms with van der Waals surface area (Å²) in [5, 5.41) is 11.8. The van der Waals surface area contributed by atoms with Crippen LogP contribution in [-0.4, -0.2) is 31.3 Å². The number of nitrogens with one attached hydrogen (secondary N) is 1. The first-order valence-electron chi connectivity index (χ1n) is 5.77. The summed E-state index contributed by atoms with van der Waals surface area (Å²) >= 11 is 0. The Morgan fingerprint density at radius 2 is 2.00 bits per heavy atom. The van der Waals surface area contributed by atoms with Crippen molar-refractivity contribution in [3.05, 3.63) is 18.2 Å². The van der Waals surface area contributed by atoms with Crippen LogP contribution in [0.1, 0.15) is 19.8 Å². The molecule has 0 amide bonds. The molecule has 0 saturated heterocycles. The fourth-order valence-corrected chi connectivity index (χ4v) is 1.62. The molecule has 0 fully saturated rings. The summed E-state index contributed by atoms with van der Waals surface area (Å²) in [7, 11) is 3.16. The Bertz CT molecular complexity index is 406. The van der Waals surface area contributed by atoms with Gasteiger partial charge in [-0.25, -0.2) is 0 Å². The summed E-state index contributed by atoms with van der Waals surface area (Å²) in [6.07, 6.45) is 0.727. The average molecular weight is 253 g/mol. The molecule has 1 aromatic carbocycles. The van der Waals surface area contributed by atoms with E-state index < -0.39 is 5.97 Å². The molecule has 1 atom stereocenters. The van der Waals surface area contributed by atoms with Crippen LogP contribution in [0.2, 0.25) is 0 Å². The normalized spacial score (nSPS) is 11.7. The summed E-state index contributed by atoms with van der Waals surface area (Å²) in [5.74, 6) is 0.533. The highest BCUT2D eigenvalue weighted by Gasteiger charge is 2.08. The molecule has 0 bridgehead atoms. The van der Waals surface area contributed by atoms with Crippen LogP contribution < -0.4 is 14.8 Å². The third kappa shape index (κ3) is 4.16. The van der Waals surface area contributed by atoms with Gasteiger partial charge in [0, 0.05) is 24.2 Å². The summed E-state index contributed by atoms with van der Waals surface area (Å²) in [6, 6.07) is 5.60. The van der Waals surface area contributed by atoms with Crippen LogP contribution in [0.3, 0.4) is 0 Å². The van der Waals surface area contributed by atoms with E-state index in [1.54, 1.807) is 14.2 Å². The van der Waals surface area contributed by atoms with Gasteiger partial charge in [-0.1, -0.05) is 0 Å². The SMILES string of the molecule is COc1ccc(NC(C)CCC(=O)O)cc1OC. The lowest BCUT2D eigenvalue weighted by Crippen LogP contribution is -2.16. The van der Waals surface area contributed by atoms with Crippen molar-refractivity contribution in [2.75, 3.05) is 19.5 Å². The summed E-state index contributed by atoms with van der Waals surface area (Å²) in [6.45, 7) is 1.94. The zero-order valence-corrected chi connectivity index (χ0v) is 10.9. The van der Waals surface area contributed by atoms with Crippen LogP contribution in [0.25, 0.3) is 0 Å². The van der Waals surface area contributed by atoms with Crippen molar-refractivity contribution in [2.24, 2.45) is 0 Å². The highest BCUT2D eigenvalue weighted by molar-refractivity contribution is 5.66. The van der Waals surface area contributed by atoms with Crippen LogP contribution in [0, 0.1) is 0 Å². The van der Waals surface area contributed by atoms with Gasteiger partial charge >= 0.3 is 5.97 Å². The predicted octanol–water partition coefficient (Wildman–Crippen LogP) is 2.37. The predicted molar refractivity (Wildman–Crippen MR) is 69.5 cm³/mol.